The SMILES string of the molecule is c1ccc(-c2c(-c3ccc(N(c4ccccc4)c4ccccc4)cc3)c3c4ccccc4n(-c4ccccc4)c3c3c2c2ccccc2n3-c2ccccc2)cc1. The zero-order valence-electron chi connectivity index (χ0n) is 31.2. The summed E-state index contributed by atoms with van der Waals surface area (Å²) < 4.78 is 4.98. The van der Waals surface area contributed by atoms with Crippen molar-refractivity contribution >= 4 is 60.7 Å². The molecule has 2 heterocycles. The Morgan fingerprint density at radius 2 is 0.614 bits per heavy atom. The molecule has 57 heavy (non-hydrogen) atoms. The monoisotopic (exact) mass is 727 g/mol. The lowest BCUT2D eigenvalue weighted by atomic mass is 9.87. The van der Waals surface area contributed by atoms with Crippen LogP contribution in [0.3, 0.4) is 0 Å². The molecule has 0 amide bonds. The van der Waals surface area contributed by atoms with Gasteiger partial charge in [0.15, 0.2) is 0 Å². The minimum atomic E-state index is 1.10. The maximum Gasteiger partial charge on any atom is 0.0795 e. The number of anilines is 3. The number of hydrogen-bond acceptors (Lipinski definition) is 1. The molecule has 0 N–H and O–H groups in total. The molecule has 0 unspecified atom stereocenters. The topological polar surface area (TPSA) is 13.1 Å². The first-order valence-electron chi connectivity index (χ1n) is 19.5. The van der Waals surface area contributed by atoms with E-state index in [1.165, 1.54) is 60.3 Å². The summed E-state index contributed by atoms with van der Waals surface area (Å²) in [5.41, 5.74) is 15.1. The van der Waals surface area contributed by atoms with Crippen LogP contribution in [0.15, 0.2) is 224 Å². The second kappa shape index (κ2) is 13.6. The van der Waals surface area contributed by atoms with E-state index in [2.05, 4.69) is 238 Å². The van der Waals surface area contributed by atoms with Crippen molar-refractivity contribution in [1.82, 2.24) is 9.13 Å². The standard InChI is InChI=1S/C54H37N3/c1-6-20-38(21-7-1)49-50(39-34-36-44(37-35-39)55(40-22-8-2-9-23-40)41-24-10-3-11-25-41)52-46-31-17-19-33-48(46)57(43-28-14-5-15-29-43)54(52)53-51(49)45-30-16-18-32-47(45)56(53)42-26-12-4-13-27-42/h1-37H. The normalized spacial score (nSPS) is 11.5. The van der Waals surface area contributed by atoms with Crippen LogP contribution < -0.4 is 4.90 Å². The Hall–Kier alpha value is -7.62. The lowest BCUT2D eigenvalue weighted by Gasteiger charge is -2.26. The third kappa shape index (κ3) is 5.28. The van der Waals surface area contributed by atoms with Crippen molar-refractivity contribution in [2.24, 2.45) is 0 Å². The van der Waals surface area contributed by atoms with Gasteiger partial charge in [-0.15, -0.1) is 0 Å². The number of nitrogens with zero attached hydrogens (tertiary/aromatic N) is 3. The summed E-state index contributed by atoms with van der Waals surface area (Å²) >= 11 is 0. The van der Waals surface area contributed by atoms with Crippen LogP contribution in [0.25, 0.3) is 77.2 Å². The molecule has 3 nitrogen and oxygen atoms in total. The number of benzene rings is 9. The van der Waals surface area contributed by atoms with Gasteiger partial charge in [-0.05, 0) is 83.9 Å². The molecule has 2 aromatic heterocycles. The summed E-state index contributed by atoms with van der Waals surface area (Å²) in [6.45, 7) is 0. The van der Waals surface area contributed by atoms with Crippen molar-refractivity contribution in [1.29, 1.82) is 0 Å². The Balaban J connectivity index is 1.33. The van der Waals surface area contributed by atoms with E-state index in [0.717, 1.165) is 34.0 Å². The fraction of sp³-hybridized carbons (Fsp3) is 0. The Labute approximate surface area is 331 Å². The van der Waals surface area contributed by atoms with E-state index in [9.17, 15) is 0 Å². The van der Waals surface area contributed by atoms with E-state index in [1.807, 2.05) is 0 Å². The maximum absolute atomic E-state index is 2.49. The third-order valence-corrected chi connectivity index (χ3v) is 11.3. The van der Waals surface area contributed by atoms with Crippen LogP contribution in [-0.4, -0.2) is 9.13 Å². The molecule has 0 saturated heterocycles. The molecule has 9 aromatic carbocycles. The van der Waals surface area contributed by atoms with Crippen LogP contribution in [0.5, 0.6) is 0 Å². The molecule has 0 saturated carbocycles. The second-order valence-corrected chi connectivity index (χ2v) is 14.5. The van der Waals surface area contributed by atoms with E-state index in [4.69, 9.17) is 0 Å². The molecule has 0 bridgehead atoms. The van der Waals surface area contributed by atoms with Crippen molar-refractivity contribution in [3.05, 3.63) is 224 Å². The Bertz CT molecular complexity index is 3140. The minimum Gasteiger partial charge on any atom is -0.311 e. The van der Waals surface area contributed by atoms with E-state index >= 15 is 0 Å². The van der Waals surface area contributed by atoms with Crippen LogP contribution >= 0.6 is 0 Å². The summed E-state index contributed by atoms with van der Waals surface area (Å²) in [7, 11) is 0. The fourth-order valence-electron chi connectivity index (χ4n) is 8.94. The van der Waals surface area contributed by atoms with Gasteiger partial charge in [0.05, 0.1) is 22.1 Å². The smallest absolute Gasteiger partial charge is 0.0795 e. The summed E-state index contributed by atoms with van der Waals surface area (Å²) in [6, 6.07) is 81.0. The Kier molecular flexibility index (Phi) is 7.82. The van der Waals surface area contributed by atoms with Gasteiger partial charge in [-0.3, -0.25) is 0 Å². The van der Waals surface area contributed by atoms with Crippen LogP contribution in [0, 0.1) is 0 Å². The average molecular weight is 728 g/mol. The predicted molar refractivity (Wildman–Crippen MR) is 241 cm³/mol. The summed E-state index contributed by atoms with van der Waals surface area (Å²) in [5, 5.41) is 4.91. The van der Waals surface area contributed by atoms with Gasteiger partial charge in [-0.25, -0.2) is 0 Å². The highest BCUT2D eigenvalue weighted by molar-refractivity contribution is 6.33. The van der Waals surface area contributed by atoms with Crippen LogP contribution in [0.1, 0.15) is 0 Å². The van der Waals surface area contributed by atoms with E-state index in [0.29, 0.717) is 0 Å². The number of hydrogen-bond donors (Lipinski definition) is 0. The van der Waals surface area contributed by atoms with E-state index in [1.54, 1.807) is 0 Å². The lowest BCUT2D eigenvalue weighted by molar-refractivity contribution is 1.15. The zero-order chi connectivity index (χ0) is 37.7. The minimum absolute atomic E-state index is 1.10. The van der Waals surface area contributed by atoms with Gasteiger partial charge in [0.25, 0.3) is 0 Å². The van der Waals surface area contributed by atoms with Crippen LogP contribution in [-0.2, 0) is 0 Å². The summed E-state index contributed by atoms with van der Waals surface area (Å²) in [5.74, 6) is 0. The molecule has 11 aromatic rings. The summed E-state index contributed by atoms with van der Waals surface area (Å²) in [6.07, 6.45) is 0. The molecule has 268 valence electrons. The van der Waals surface area contributed by atoms with Gasteiger partial charge in [0, 0.05) is 61.1 Å². The lowest BCUT2D eigenvalue weighted by Crippen LogP contribution is -2.09. The van der Waals surface area contributed by atoms with Crippen molar-refractivity contribution in [3.8, 4) is 33.6 Å². The van der Waals surface area contributed by atoms with Crippen LogP contribution in [0.2, 0.25) is 0 Å². The van der Waals surface area contributed by atoms with Gasteiger partial charge in [0.2, 0.25) is 0 Å². The molecule has 0 fully saturated rings. The molecule has 0 spiro atoms. The molecule has 3 heteroatoms. The first kappa shape index (κ1) is 32.8. The number of para-hydroxylation sites is 6. The molecule has 0 atom stereocenters. The fourth-order valence-corrected chi connectivity index (χ4v) is 8.94. The van der Waals surface area contributed by atoms with Crippen LogP contribution in [0.4, 0.5) is 17.1 Å². The highest BCUT2D eigenvalue weighted by Crippen LogP contribution is 2.52. The largest absolute Gasteiger partial charge is 0.311 e. The Morgan fingerprint density at radius 1 is 0.281 bits per heavy atom. The molecule has 0 aliphatic rings. The maximum atomic E-state index is 2.49. The summed E-state index contributed by atoms with van der Waals surface area (Å²) in [4.78, 5) is 2.33. The second-order valence-electron chi connectivity index (χ2n) is 14.5. The number of aromatic nitrogens is 2. The van der Waals surface area contributed by atoms with E-state index in [-0.39, 0.29) is 0 Å². The zero-order valence-corrected chi connectivity index (χ0v) is 31.2. The molecule has 0 aliphatic heterocycles. The van der Waals surface area contributed by atoms with Gasteiger partial charge in [-0.2, -0.15) is 0 Å². The highest BCUT2D eigenvalue weighted by atomic mass is 15.1. The average Bonchev–Trinajstić information content (AvgIpc) is 3.82. The van der Waals surface area contributed by atoms with Crippen molar-refractivity contribution in [2.45, 2.75) is 0 Å². The number of rotatable bonds is 7. The Morgan fingerprint density at radius 3 is 1.05 bits per heavy atom. The highest BCUT2D eigenvalue weighted by Gasteiger charge is 2.29. The first-order valence-corrected chi connectivity index (χ1v) is 19.5. The molecular formula is C54H37N3. The number of fused-ring (bicyclic) bond motifs is 7. The molecule has 0 radical (unpaired) electrons. The van der Waals surface area contributed by atoms with Gasteiger partial charge in [0.1, 0.15) is 0 Å². The molecular weight excluding hydrogens is 691 g/mol. The quantitative estimate of drug-likeness (QED) is 0.159. The third-order valence-electron chi connectivity index (χ3n) is 11.3. The molecule has 0 aliphatic carbocycles. The van der Waals surface area contributed by atoms with Crippen molar-refractivity contribution in [3.63, 3.8) is 0 Å². The van der Waals surface area contributed by atoms with Gasteiger partial charge >= 0.3 is 0 Å². The van der Waals surface area contributed by atoms with E-state index < -0.39 is 0 Å². The molecule has 11 rings (SSSR count). The predicted octanol–water partition coefficient (Wildman–Crippen LogP) is 14.7. The van der Waals surface area contributed by atoms with Gasteiger partial charge in [-0.1, -0.05) is 152 Å². The van der Waals surface area contributed by atoms with Crippen molar-refractivity contribution < 1.29 is 0 Å². The van der Waals surface area contributed by atoms with Crippen molar-refractivity contribution in [2.75, 3.05) is 4.90 Å². The first-order chi connectivity index (χ1) is 28.3. The van der Waals surface area contributed by atoms with Gasteiger partial charge < -0.3 is 14.0 Å².